The Morgan fingerprint density at radius 2 is 2.20 bits per heavy atom. The molecule has 1 rings (SSSR count). The molecule has 0 unspecified atom stereocenters. The lowest BCUT2D eigenvalue weighted by Gasteiger charge is -2.09. The van der Waals surface area contributed by atoms with Gasteiger partial charge in [0.25, 0.3) is 10.2 Å². The van der Waals surface area contributed by atoms with Crippen LogP contribution in [0.15, 0.2) is 18.2 Å². The monoisotopic (exact) mass is 302 g/mol. The van der Waals surface area contributed by atoms with Crippen LogP contribution in [0.1, 0.15) is 5.56 Å². The van der Waals surface area contributed by atoms with Gasteiger partial charge in [0.05, 0.1) is 17.9 Å². The van der Waals surface area contributed by atoms with E-state index in [1.54, 1.807) is 0 Å². The summed E-state index contributed by atoms with van der Waals surface area (Å²) in [5, 5.41) is 8.52. The standard InChI is InChI=1S/C12H15FN2O4S/c1-19-8-6-14-20(17,18)15-11-5-4-10(3-2-7-16)12(13)9-11/h4-5,9,14-16H,6-8H2,1H3. The topological polar surface area (TPSA) is 87.7 Å². The van der Waals surface area contributed by atoms with Crippen LogP contribution in [-0.4, -0.2) is 40.4 Å². The Balaban J connectivity index is 2.76. The minimum Gasteiger partial charge on any atom is -0.384 e. The molecular weight excluding hydrogens is 287 g/mol. The highest BCUT2D eigenvalue weighted by atomic mass is 32.2. The van der Waals surface area contributed by atoms with Crippen molar-refractivity contribution in [2.75, 3.05) is 31.6 Å². The molecular formula is C12H15FN2O4S. The molecule has 110 valence electrons. The van der Waals surface area contributed by atoms with Crippen molar-refractivity contribution >= 4 is 15.9 Å². The molecule has 0 spiro atoms. The number of ether oxygens (including phenoxy) is 1. The number of anilines is 1. The number of hydrogen-bond donors (Lipinski definition) is 3. The van der Waals surface area contributed by atoms with E-state index in [9.17, 15) is 12.8 Å². The van der Waals surface area contributed by atoms with Crippen molar-refractivity contribution in [3.8, 4) is 11.8 Å². The summed E-state index contributed by atoms with van der Waals surface area (Å²) < 4.78 is 45.9. The molecule has 0 aliphatic rings. The molecule has 0 saturated heterocycles. The minimum atomic E-state index is -3.78. The zero-order valence-corrected chi connectivity index (χ0v) is 11.6. The van der Waals surface area contributed by atoms with Crippen molar-refractivity contribution in [2.24, 2.45) is 0 Å². The number of nitrogens with one attached hydrogen (secondary N) is 2. The second-order valence-corrected chi connectivity index (χ2v) is 5.15. The number of aliphatic hydroxyl groups is 1. The van der Waals surface area contributed by atoms with E-state index in [1.165, 1.54) is 19.2 Å². The molecule has 0 aromatic heterocycles. The lowest BCUT2D eigenvalue weighted by Crippen LogP contribution is -2.32. The molecule has 0 aliphatic heterocycles. The molecule has 20 heavy (non-hydrogen) atoms. The number of hydrogen-bond acceptors (Lipinski definition) is 4. The van der Waals surface area contributed by atoms with Crippen molar-refractivity contribution < 1.29 is 22.7 Å². The molecule has 0 aliphatic carbocycles. The largest absolute Gasteiger partial charge is 0.384 e. The first kappa shape index (κ1) is 16.4. The Morgan fingerprint density at radius 3 is 2.80 bits per heavy atom. The molecule has 0 atom stereocenters. The maximum absolute atomic E-state index is 13.6. The van der Waals surface area contributed by atoms with Crippen molar-refractivity contribution in [1.82, 2.24) is 4.72 Å². The Morgan fingerprint density at radius 1 is 1.45 bits per heavy atom. The van der Waals surface area contributed by atoms with Gasteiger partial charge >= 0.3 is 0 Å². The molecule has 1 aromatic carbocycles. The summed E-state index contributed by atoms with van der Waals surface area (Å²) >= 11 is 0. The van der Waals surface area contributed by atoms with Gasteiger partial charge in [-0.25, -0.2) is 4.39 Å². The Bertz CT molecular complexity index is 608. The summed E-state index contributed by atoms with van der Waals surface area (Å²) in [6.45, 7) is -0.0451. The minimum absolute atomic E-state index is 0.0713. The third-order valence-electron chi connectivity index (χ3n) is 2.12. The number of benzene rings is 1. The van der Waals surface area contributed by atoms with Crippen molar-refractivity contribution in [1.29, 1.82) is 0 Å². The maximum Gasteiger partial charge on any atom is 0.299 e. The normalized spacial score (nSPS) is 10.8. The van der Waals surface area contributed by atoms with E-state index in [0.717, 1.165) is 6.07 Å². The number of halogens is 1. The fourth-order valence-electron chi connectivity index (χ4n) is 1.28. The zero-order chi connectivity index (χ0) is 15.0. The first-order chi connectivity index (χ1) is 9.48. The molecule has 0 amide bonds. The fraction of sp³-hybridized carbons (Fsp3) is 0.333. The van der Waals surface area contributed by atoms with Gasteiger partial charge in [-0.05, 0) is 18.2 Å². The first-order valence-electron chi connectivity index (χ1n) is 5.64. The van der Waals surface area contributed by atoms with E-state index in [4.69, 9.17) is 9.84 Å². The van der Waals surface area contributed by atoms with Gasteiger partial charge in [-0.15, -0.1) is 0 Å². The Labute approximate surface area is 117 Å². The van der Waals surface area contributed by atoms with Crippen LogP contribution in [0.3, 0.4) is 0 Å². The van der Waals surface area contributed by atoms with Gasteiger partial charge in [0, 0.05) is 13.7 Å². The molecule has 0 saturated carbocycles. The molecule has 1 aromatic rings. The van der Waals surface area contributed by atoms with Crippen LogP contribution in [-0.2, 0) is 14.9 Å². The molecule has 0 heterocycles. The molecule has 0 radical (unpaired) electrons. The summed E-state index contributed by atoms with van der Waals surface area (Å²) in [5.74, 6) is 4.04. The van der Waals surface area contributed by atoms with E-state index >= 15 is 0 Å². The molecule has 3 N–H and O–H groups in total. The second kappa shape index (κ2) is 7.81. The van der Waals surface area contributed by atoms with Crippen LogP contribution < -0.4 is 9.44 Å². The van der Waals surface area contributed by atoms with E-state index in [-0.39, 0.29) is 31.0 Å². The maximum atomic E-state index is 13.6. The highest BCUT2D eigenvalue weighted by Gasteiger charge is 2.10. The fourth-order valence-corrected chi connectivity index (χ4v) is 2.15. The third kappa shape index (κ3) is 5.54. The quantitative estimate of drug-likeness (QED) is 0.512. The number of aliphatic hydroxyl groups excluding tert-OH is 1. The average Bonchev–Trinajstić information content (AvgIpc) is 2.37. The summed E-state index contributed by atoms with van der Waals surface area (Å²) in [6.07, 6.45) is 0. The van der Waals surface area contributed by atoms with E-state index in [1.807, 2.05) is 0 Å². The van der Waals surface area contributed by atoms with Crippen LogP contribution in [0.25, 0.3) is 0 Å². The first-order valence-corrected chi connectivity index (χ1v) is 7.12. The molecule has 6 nitrogen and oxygen atoms in total. The predicted octanol–water partition coefficient (Wildman–Crippen LogP) is 0.0622. The second-order valence-electron chi connectivity index (χ2n) is 3.65. The summed E-state index contributed by atoms with van der Waals surface area (Å²) in [5.41, 5.74) is 0.149. The summed E-state index contributed by atoms with van der Waals surface area (Å²) in [4.78, 5) is 0. The van der Waals surface area contributed by atoms with Crippen LogP contribution in [0.2, 0.25) is 0 Å². The molecule has 0 bridgehead atoms. The van der Waals surface area contributed by atoms with Gasteiger partial charge in [0.2, 0.25) is 0 Å². The van der Waals surface area contributed by atoms with Gasteiger partial charge < -0.3 is 9.84 Å². The van der Waals surface area contributed by atoms with Crippen LogP contribution in [0, 0.1) is 17.7 Å². The molecule has 8 heteroatoms. The third-order valence-corrected chi connectivity index (χ3v) is 3.21. The van der Waals surface area contributed by atoms with Crippen molar-refractivity contribution in [2.45, 2.75) is 0 Å². The predicted molar refractivity (Wildman–Crippen MR) is 72.8 cm³/mol. The van der Waals surface area contributed by atoms with E-state index in [0.29, 0.717) is 0 Å². The Kier molecular flexibility index (Phi) is 6.41. The Hall–Kier alpha value is -1.66. The van der Waals surface area contributed by atoms with Gasteiger partial charge in [-0.3, -0.25) is 4.72 Å². The van der Waals surface area contributed by atoms with E-state index in [2.05, 4.69) is 21.3 Å². The van der Waals surface area contributed by atoms with Crippen LogP contribution in [0.5, 0.6) is 0 Å². The summed E-state index contributed by atoms with van der Waals surface area (Å²) in [7, 11) is -2.33. The van der Waals surface area contributed by atoms with Gasteiger partial charge in [0.1, 0.15) is 12.4 Å². The van der Waals surface area contributed by atoms with E-state index < -0.39 is 16.0 Å². The number of methoxy groups -OCH3 is 1. The van der Waals surface area contributed by atoms with Gasteiger partial charge in [-0.1, -0.05) is 11.8 Å². The SMILES string of the molecule is COCCNS(=O)(=O)Nc1ccc(C#CCO)c(F)c1. The number of rotatable bonds is 6. The average molecular weight is 302 g/mol. The van der Waals surface area contributed by atoms with Crippen molar-refractivity contribution in [3.63, 3.8) is 0 Å². The van der Waals surface area contributed by atoms with Crippen molar-refractivity contribution in [3.05, 3.63) is 29.6 Å². The zero-order valence-electron chi connectivity index (χ0n) is 10.8. The highest BCUT2D eigenvalue weighted by molar-refractivity contribution is 7.90. The smallest absolute Gasteiger partial charge is 0.299 e. The van der Waals surface area contributed by atoms with Gasteiger partial charge in [0.15, 0.2) is 0 Å². The van der Waals surface area contributed by atoms with Crippen LogP contribution >= 0.6 is 0 Å². The lowest BCUT2D eigenvalue weighted by atomic mass is 10.2. The summed E-state index contributed by atoms with van der Waals surface area (Å²) in [6, 6.07) is 3.71. The van der Waals surface area contributed by atoms with Gasteiger partial charge in [-0.2, -0.15) is 13.1 Å². The lowest BCUT2D eigenvalue weighted by molar-refractivity contribution is 0.204. The molecule has 0 fully saturated rings. The highest BCUT2D eigenvalue weighted by Crippen LogP contribution is 2.14. The van der Waals surface area contributed by atoms with Crippen LogP contribution in [0.4, 0.5) is 10.1 Å².